The van der Waals surface area contributed by atoms with Crippen molar-refractivity contribution in [2.75, 3.05) is 13.2 Å². The quantitative estimate of drug-likeness (QED) is 0.0261. The lowest BCUT2D eigenvalue weighted by molar-refractivity contribution is -0.167. The maximum atomic E-state index is 12.9. The molecule has 0 amide bonds. The number of hydrogen-bond acceptors (Lipinski definition) is 6. The molecule has 1 atom stereocenters. The molecular formula is C72H134O6. The Hall–Kier alpha value is -2.37. The Labute approximate surface area is 486 Å². The molecule has 0 heterocycles. The van der Waals surface area contributed by atoms with E-state index in [2.05, 4.69) is 57.2 Å². The van der Waals surface area contributed by atoms with Crippen LogP contribution in [-0.4, -0.2) is 37.2 Å². The molecule has 0 aromatic heterocycles. The van der Waals surface area contributed by atoms with Gasteiger partial charge in [0.25, 0.3) is 0 Å². The van der Waals surface area contributed by atoms with Crippen LogP contribution < -0.4 is 0 Å². The van der Waals surface area contributed by atoms with Gasteiger partial charge in [0, 0.05) is 19.3 Å². The van der Waals surface area contributed by atoms with Crippen LogP contribution in [0.15, 0.2) is 36.5 Å². The predicted molar refractivity (Wildman–Crippen MR) is 339 cm³/mol. The van der Waals surface area contributed by atoms with Gasteiger partial charge in [0.05, 0.1) is 0 Å². The van der Waals surface area contributed by atoms with E-state index in [9.17, 15) is 14.4 Å². The molecule has 0 aliphatic heterocycles. The molecule has 0 radical (unpaired) electrons. The van der Waals surface area contributed by atoms with E-state index in [4.69, 9.17) is 14.2 Å². The van der Waals surface area contributed by atoms with Crippen molar-refractivity contribution in [3.63, 3.8) is 0 Å². The summed E-state index contributed by atoms with van der Waals surface area (Å²) in [6, 6.07) is 0. The number of ether oxygens (including phenoxy) is 3. The second-order valence-corrected chi connectivity index (χ2v) is 23.8. The van der Waals surface area contributed by atoms with Gasteiger partial charge in [-0.15, -0.1) is 0 Å². The summed E-state index contributed by atoms with van der Waals surface area (Å²) in [5.41, 5.74) is 0. The summed E-state index contributed by atoms with van der Waals surface area (Å²) in [6.45, 7) is 6.63. The van der Waals surface area contributed by atoms with Crippen LogP contribution in [0.3, 0.4) is 0 Å². The lowest BCUT2D eigenvalue weighted by atomic mass is 10.0. The number of allylic oxidation sites excluding steroid dienone is 6. The number of unbranched alkanes of at least 4 members (excludes halogenated alkanes) is 48. The van der Waals surface area contributed by atoms with Gasteiger partial charge in [-0.3, -0.25) is 14.4 Å². The smallest absolute Gasteiger partial charge is 0.306 e. The third kappa shape index (κ3) is 64.5. The van der Waals surface area contributed by atoms with E-state index in [1.165, 1.54) is 276 Å². The Morgan fingerprint density at radius 3 is 0.679 bits per heavy atom. The van der Waals surface area contributed by atoms with E-state index < -0.39 is 6.10 Å². The highest BCUT2D eigenvalue weighted by atomic mass is 16.6. The lowest BCUT2D eigenvalue weighted by Crippen LogP contribution is -2.30. The first kappa shape index (κ1) is 75.6. The van der Waals surface area contributed by atoms with Crippen LogP contribution in [0.25, 0.3) is 0 Å². The summed E-state index contributed by atoms with van der Waals surface area (Å²) in [4.78, 5) is 38.2. The average Bonchev–Trinajstić information content (AvgIpc) is 3.44. The summed E-state index contributed by atoms with van der Waals surface area (Å²) < 4.78 is 16.9. The van der Waals surface area contributed by atoms with Crippen molar-refractivity contribution in [3.8, 4) is 0 Å². The predicted octanol–water partition coefficient (Wildman–Crippen LogP) is 23.9. The highest BCUT2D eigenvalue weighted by Crippen LogP contribution is 2.18. The van der Waals surface area contributed by atoms with Crippen LogP contribution in [0, 0.1) is 0 Å². The van der Waals surface area contributed by atoms with Gasteiger partial charge >= 0.3 is 17.9 Å². The first-order valence-electron chi connectivity index (χ1n) is 35.0. The van der Waals surface area contributed by atoms with E-state index in [-0.39, 0.29) is 31.1 Å². The number of rotatable bonds is 65. The minimum atomic E-state index is -0.777. The zero-order valence-corrected chi connectivity index (χ0v) is 52.7. The van der Waals surface area contributed by atoms with Crippen molar-refractivity contribution in [2.45, 2.75) is 393 Å². The molecule has 0 aliphatic rings. The van der Waals surface area contributed by atoms with E-state index in [0.717, 1.165) is 70.6 Å². The third-order valence-corrected chi connectivity index (χ3v) is 15.8. The molecule has 0 spiro atoms. The molecule has 78 heavy (non-hydrogen) atoms. The zero-order valence-electron chi connectivity index (χ0n) is 52.7. The molecule has 0 bridgehead atoms. The molecule has 6 heteroatoms. The fraction of sp³-hybridized carbons (Fsp3) is 0.875. The normalized spacial score (nSPS) is 12.2. The Morgan fingerprint density at radius 2 is 0.436 bits per heavy atom. The second-order valence-electron chi connectivity index (χ2n) is 23.8. The minimum absolute atomic E-state index is 0.0739. The third-order valence-electron chi connectivity index (χ3n) is 15.8. The standard InChI is InChI=1S/C72H134O6/c1-4-7-10-13-16-19-22-24-26-27-28-29-30-31-32-33-34-35-36-37-38-39-40-41-42-43-44-45-46-48-50-53-56-59-62-65-71(74)77-68-69(67-76-70(73)64-61-58-55-52-49-21-18-15-12-9-6-3)78-72(75)66-63-60-57-54-51-47-25-23-20-17-14-11-8-5-2/h15,18,23,25,27-28,69H,4-14,16-17,19-22,24,26,29-68H2,1-3H3/b18-15-,25-23-,28-27-. The first-order valence-corrected chi connectivity index (χ1v) is 35.0. The maximum absolute atomic E-state index is 12.9. The monoisotopic (exact) mass is 1100 g/mol. The fourth-order valence-corrected chi connectivity index (χ4v) is 10.5. The lowest BCUT2D eigenvalue weighted by Gasteiger charge is -2.18. The molecule has 1 unspecified atom stereocenters. The molecule has 458 valence electrons. The van der Waals surface area contributed by atoms with Gasteiger partial charge in [-0.25, -0.2) is 0 Å². The van der Waals surface area contributed by atoms with Gasteiger partial charge in [-0.05, 0) is 89.9 Å². The number of esters is 3. The Morgan fingerprint density at radius 1 is 0.244 bits per heavy atom. The van der Waals surface area contributed by atoms with Crippen molar-refractivity contribution in [1.29, 1.82) is 0 Å². The van der Waals surface area contributed by atoms with Crippen LogP contribution in [0.5, 0.6) is 0 Å². The van der Waals surface area contributed by atoms with Crippen LogP contribution in [0.2, 0.25) is 0 Å². The van der Waals surface area contributed by atoms with Crippen molar-refractivity contribution in [1.82, 2.24) is 0 Å². The maximum Gasteiger partial charge on any atom is 0.306 e. The minimum Gasteiger partial charge on any atom is -0.462 e. The van der Waals surface area contributed by atoms with Crippen molar-refractivity contribution in [2.24, 2.45) is 0 Å². The van der Waals surface area contributed by atoms with Crippen molar-refractivity contribution in [3.05, 3.63) is 36.5 Å². The zero-order chi connectivity index (χ0) is 56.4. The summed E-state index contributed by atoms with van der Waals surface area (Å²) in [6.07, 6.45) is 83.5. The van der Waals surface area contributed by atoms with Crippen molar-refractivity contribution >= 4 is 17.9 Å². The van der Waals surface area contributed by atoms with E-state index >= 15 is 0 Å². The summed E-state index contributed by atoms with van der Waals surface area (Å²) >= 11 is 0. The number of carbonyl (C=O) groups is 3. The number of carbonyl (C=O) groups excluding carboxylic acids is 3. The molecular weight excluding hydrogens is 961 g/mol. The van der Waals surface area contributed by atoms with Crippen LogP contribution in [0.4, 0.5) is 0 Å². The van der Waals surface area contributed by atoms with Gasteiger partial charge in [-0.2, -0.15) is 0 Å². The molecule has 0 saturated heterocycles. The fourth-order valence-electron chi connectivity index (χ4n) is 10.5. The Bertz CT molecular complexity index is 1300. The molecule has 0 aromatic carbocycles. The summed E-state index contributed by atoms with van der Waals surface area (Å²) in [5, 5.41) is 0. The van der Waals surface area contributed by atoms with Crippen LogP contribution in [-0.2, 0) is 28.6 Å². The van der Waals surface area contributed by atoms with Crippen LogP contribution >= 0.6 is 0 Å². The van der Waals surface area contributed by atoms with Crippen molar-refractivity contribution < 1.29 is 28.6 Å². The van der Waals surface area contributed by atoms with Gasteiger partial charge in [-0.1, -0.05) is 314 Å². The largest absolute Gasteiger partial charge is 0.462 e. The van der Waals surface area contributed by atoms with Gasteiger partial charge in [0.1, 0.15) is 13.2 Å². The highest BCUT2D eigenvalue weighted by Gasteiger charge is 2.19. The summed E-state index contributed by atoms with van der Waals surface area (Å²) in [5.74, 6) is -0.871. The van der Waals surface area contributed by atoms with Gasteiger partial charge in [0.15, 0.2) is 6.10 Å². The van der Waals surface area contributed by atoms with Gasteiger partial charge < -0.3 is 14.2 Å². The molecule has 0 saturated carbocycles. The van der Waals surface area contributed by atoms with E-state index in [1.54, 1.807) is 0 Å². The van der Waals surface area contributed by atoms with E-state index in [0.29, 0.717) is 19.3 Å². The molecule has 6 nitrogen and oxygen atoms in total. The molecule has 0 rings (SSSR count). The summed E-state index contributed by atoms with van der Waals surface area (Å²) in [7, 11) is 0. The van der Waals surface area contributed by atoms with Crippen LogP contribution in [0.1, 0.15) is 387 Å². The second kappa shape index (κ2) is 67.1. The molecule has 0 N–H and O–H groups in total. The Balaban J connectivity index is 3.99. The first-order chi connectivity index (χ1) is 38.5. The number of hydrogen-bond donors (Lipinski definition) is 0. The topological polar surface area (TPSA) is 78.9 Å². The molecule has 0 aliphatic carbocycles. The Kier molecular flexibility index (Phi) is 65.1. The SMILES string of the molecule is CCCC/C=C\CCCCCCCC(=O)OCC(COC(=O)CCCCCCCCCCCCCCCCCCCCCCCCC/C=C\CCCCCCCCCC)OC(=O)CCCCCCC/C=C\CCCCCCC. The molecule has 0 fully saturated rings. The average molecular weight is 1100 g/mol. The highest BCUT2D eigenvalue weighted by molar-refractivity contribution is 5.71. The van der Waals surface area contributed by atoms with Gasteiger partial charge in [0.2, 0.25) is 0 Å². The van der Waals surface area contributed by atoms with E-state index in [1.807, 2.05) is 0 Å². The molecule has 0 aromatic rings.